The van der Waals surface area contributed by atoms with Crippen LogP contribution in [0.2, 0.25) is 5.02 Å². The number of methoxy groups -OCH3 is 1. The molecular weight excluding hydrogens is 342 g/mol. The van der Waals surface area contributed by atoms with Crippen molar-refractivity contribution in [2.45, 2.75) is 13.0 Å². The van der Waals surface area contributed by atoms with Gasteiger partial charge in [-0.3, -0.25) is 9.36 Å². The summed E-state index contributed by atoms with van der Waals surface area (Å²) in [6.07, 6.45) is 0.739. The Morgan fingerprint density at radius 2 is 1.76 bits per heavy atom. The van der Waals surface area contributed by atoms with Gasteiger partial charge in [0.15, 0.2) is 6.10 Å². The maximum Gasteiger partial charge on any atom is 0.340 e. The van der Waals surface area contributed by atoms with Crippen LogP contribution in [0.4, 0.5) is 0 Å². The lowest BCUT2D eigenvalue weighted by molar-refractivity contribution is 0.0602. The van der Waals surface area contributed by atoms with E-state index in [9.17, 15) is 9.59 Å². The molecule has 0 fully saturated rings. The zero-order chi connectivity index (χ0) is 18.0. The minimum Gasteiger partial charge on any atom is -0.481 e. The highest BCUT2D eigenvalue weighted by Gasteiger charge is 2.23. The molecule has 1 heterocycles. The van der Waals surface area contributed by atoms with Gasteiger partial charge in [0.1, 0.15) is 5.75 Å². The molecule has 0 bridgehead atoms. The smallest absolute Gasteiger partial charge is 0.340 e. The molecule has 0 aliphatic heterocycles. The van der Waals surface area contributed by atoms with Gasteiger partial charge in [0.2, 0.25) is 0 Å². The molecule has 0 saturated heterocycles. The van der Waals surface area contributed by atoms with Crippen LogP contribution in [0.3, 0.4) is 0 Å². The van der Waals surface area contributed by atoms with Crippen molar-refractivity contribution >= 4 is 34.4 Å². The molecule has 0 N–H and O–H groups in total. The lowest BCUT2D eigenvalue weighted by atomic mass is 10.2. The Morgan fingerprint density at radius 1 is 1.08 bits per heavy atom. The fourth-order valence-electron chi connectivity index (χ4n) is 2.60. The molecule has 1 atom stereocenters. The van der Waals surface area contributed by atoms with E-state index >= 15 is 0 Å². The van der Waals surface area contributed by atoms with Gasteiger partial charge in [-0.25, -0.2) is 4.79 Å². The van der Waals surface area contributed by atoms with E-state index in [0.717, 1.165) is 0 Å². The quantitative estimate of drug-likeness (QED) is 0.657. The average Bonchev–Trinajstić information content (AvgIpc) is 3.02. The minimum atomic E-state index is -0.748. The number of esters is 1. The topological polar surface area (TPSA) is 57.5 Å². The van der Waals surface area contributed by atoms with Crippen LogP contribution in [0.5, 0.6) is 5.75 Å². The summed E-state index contributed by atoms with van der Waals surface area (Å²) >= 11 is 5.85. The maximum absolute atomic E-state index is 12.8. The van der Waals surface area contributed by atoms with E-state index in [-0.39, 0.29) is 5.91 Å². The molecule has 6 heteroatoms. The number of aromatic nitrogens is 1. The Hall–Kier alpha value is -2.79. The van der Waals surface area contributed by atoms with Crippen molar-refractivity contribution in [1.82, 2.24) is 4.57 Å². The molecule has 1 aromatic heterocycles. The molecule has 3 rings (SSSR count). The van der Waals surface area contributed by atoms with Gasteiger partial charge in [0, 0.05) is 16.6 Å². The minimum absolute atomic E-state index is 0.290. The Kier molecular flexibility index (Phi) is 4.76. The number of hydrogen-bond acceptors (Lipinski definition) is 4. The number of rotatable bonds is 4. The number of nitrogens with zero attached hydrogens (tertiary/aromatic N) is 1. The van der Waals surface area contributed by atoms with E-state index < -0.39 is 12.1 Å². The second-order valence-electron chi connectivity index (χ2n) is 5.47. The largest absolute Gasteiger partial charge is 0.481 e. The predicted molar refractivity (Wildman–Crippen MR) is 95.4 cm³/mol. The summed E-state index contributed by atoms with van der Waals surface area (Å²) in [6.45, 7) is 1.66. The van der Waals surface area contributed by atoms with E-state index in [1.807, 2.05) is 0 Å². The van der Waals surface area contributed by atoms with Crippen molar-refractivity contribution in [1.29, 1.82) is 0 Å². The first kappa shape index (κ1) is 17.0. The Labute approximate surface area is 149 Å². The van der Waals surface area contributed by atoms with Crippen LogP contribution < -0.4 is 4.74 Å². The molecule has 25 heavy (non-hydrogen) atoms. The van der Waals surface area contributed by atoms with Crippen molar-refractivity contribution in [3.63, 3.8) is 0 Å². The second kappa shape index (κ2) is 6.99. The van der Waals surface area contributed by atoms with Crippen LogP contribution in [-0.4, -0.2) is 29.7 Å². The van der Waals surface area contributed by atoms with Crippen molar-refractivity contribution < 1.29 is 19.1 Å². The molecule has 0 radical (unpaired) electrons. The highest BCUT2D eigenvalue weighted by Crippen LogP contribution is 2.23. The third-order valence-corrected chi connectivity index (χ3v) is 4.08. The molecule has 5 nitrogen and oxygen atoms in total. The standard InChI is InChI=1S/C19H16ClNO4/c1-12(25-14-9-7-13(20)8-10-14)18(22)21-11-16(19(23)24-2)15-5-3-4-6-17(15)21/h3-12H,1-2H3/t12-/m0/s1. The van der Waals surface area contributed by atoms with E-state index in [4.69, 9.17) is 21.1 Å². The third-order valence-electron chi connectivity index (χ3n) is 3.83. The normalized spacial score (nSPS) is 12.0. The summed E-state index contributed by atoms with van der Waals surface area (Å²) in [5.74, 6) is -0.245. The number of halogens is 1. The number of benzene rings is 2. The SMILES string of the molecule is COC(=O)c1cn(C(=O)[C@H](C)Oc2ccc(Cl)cc2)c2ccccc12. The van der Waals surface area contributed by atoms with E-state index in [2.05, 4.69) is 0 Å². The van der Waals surface area contributed by atoms with Crippen LogP contribution in [-0.2, 0) is 4.74 Å². The molecular formula is C19H16ClNO4. The molecule has 0 saturated carbocycles. The molecule has 3 aromatic rings. The van der Waals surface area contributed by atoms with Crippen LogP contribution in [0.15, 0.2) is 54.7 Å². The molecule has 0 unspecified atom stereocenters. The van der Waals surface area contributed by atoms with Gasteiger partial charge in [-0.15, -0.1) is 0 Å². The van der Waals surface area contributed by atoms with Gasteiger partial charge in [0.05, 0.1) is 18.2 Å². The molecule has 0 spiro atoms. The zero-order valence-corrected chi connectivity index (χ0v) is 14.5. The number of carbonyl (C=O) groups is 2. The Morgan fingerprint density at radius 3 is 2.44 bits per heavy atom. The summed E-state index contributed by atoms with van der Waals surface area (Å²) in [5.41, 5.74) is 0.963. The number of ether oxygens (including phenoxy) is 2. The fraction of sp³-hybridized carbons (Fsp3) is 0.158. The van der Waals surface area contributed by atoms with Gasteiger partial charge in [-0.2, -0.15) is 0 Å². The van der Waals surface area contributed by atoms with E-state index in [1.165, 1.54) is 17.9 Å². The van der Waals surface area contributed by atoms with Crippen LogP contribution in [0.1, 0.15) is 22.1 Å². The molecule has 2 aromatic carbocycles. The summed E-state index contributed by atoms with van der Waals surface area (Å²) < 4.78 is 11.9. The lowest BCUT2D eigenvalue weighted by Crippen LogP contribution is -2.28. The molecule has 128 valence electrons. The predicted octanol–water partition coefficient (Wildman–Crippen LogP) is 4.19. The van der Waals surface area contributed by atoms with Gasteiger partial charge in [0.25, 0.3) is 5.91 Å². The van der Waals surface area contributed by atoms with Crippen molar-refractivity contribution in [3.8, 4) is 5.75 Å². The van der Waals surface area contributed by atoms with E-state index in [1.54, 1.807) is 55.5 Å². The Bertz CT molecular complexity index is 930. The molecule has 0 aliphatic rings. The Balaban J connectivity index is 1.93. The first-order chi connectivity index (χ1) is 12.0. The molecule has 0 amide bonds. The number of para-hydroxylation sites is 1. The number of hydrogen-bond donors (Lipinski definition) is 0. The van der Waals surface area contributed by atoms with E-state index in [0.29, 0.717) is 27.2 Å². The zero-order valence-electron chi connectivity index (χ0n) is 13.7. The van der Waals surface area contributed by atoms with Crippen molar-refractivity contribution in [3.05, 3.63) is 65.3 Å². The van der Waals surface area contributed by atoms with Gasteiger partial charge < -0.3 is 9.47 Å². The third kappa shape index (κ3) is 3.37. The highest BCUT2D eigenvalue weighted by atomic mass is 35.5. The average molecular weight is 358 g/mol. The van der Waals surface area contributed by atoms with Gasteiger partial charge in [-0.05, 0) is 37.3 Å². The van der Waals surface area contributed by atoms with Gasteiger partial charge in [-0.1, -0.05) is 29.8 Å². The van der Waals surface area contributed by atoms with Crippen LogP contribution in [0.25, 0.3) is 10.9 Å². The van der Waals surface area contributed by atoms with Crippen molar-refractivity contribution in [2.75, 3.05) is 7.11 Å². The lowest BCUT2D eigenvalue weighted by Gasteiger charge is -2.14. The second-order valence-corrected chi connectivity index (χ2v) is 5.91. The summed E-state index contributed by atoms with van der Waals surface area (Å²) in [6, 6.07) is 13.9. The van der Waals surface area contributed by atoms with Crippen LogP contribution >= 0.6 is 11.6 Å². The van der Waals surface area contributed by atoms with Crippen molar-refractivity contribution in [2.24, 2.45) is 0 Å². The summed E-state index contributed by atoms with van der Waals surface area (Å²) in [5, 5.41) is 1.24. The first-order valence-electron chi connectivity index (χ1n) is 7.66. The number of carbonyl (C=O) groups excluding carboxylic acids is 2. The first-order valence-corrected chi connectivity index (χ1v) is 8.04. The monoisotopic (exact) mass is 357 g/mol. The highest BCUT2D eigenvalue weighted by molar-refractivity contribution is 6.30. The summed E-state index contributed by atoms with van der Waals surface area (Å²) in [4.78, 5) is 24.8. The van der Waals surface area contributed by atoms with Gasteiger partial charge >= 0.3 is 5.97 Å². The fourth-order valence-corrected chi connectivity index (χ4v) is 2.72. The summed E-state index contributed by atoms with van der Waals surface area (Å²) in [7, 11) is 1.31. The number of fused-ring (bicyclic) bond motifs is 1. The van der Waals surface area contributed by atoms with Crippen LogP contribution in [0, 0.1) is 0 Å². The maximum atomic E-state index is 12.8. The molecule has 0 aliphatic carbocycles.